The summed E-state index contributed by atoms with van der Waals surface area (Å²) in [6.45, 7) is 4.33. The minimum Gasteiger partial charge on any atom is -0.0848 e. The highest BCUT2D eigenvalue weighted by Gasteiger charge is 1.68. The molecule has 0 saturated carbocycles. The SMILES string of the molecule is CC/C=C/C=CCCC. The van der Waals surface area contributed by atoms with Crippen LogP contribution in [0.5, 0.6) is 0 Å². The van der Waals surface area contributed by atoms with Gasteiger partial charge in [0.25, 0.3) is 0 Å². The average Bonchev–Trinajstić information content (AvgIpc) is 1.89. The van der Waals surface area contributed by atoms with E-state index in [1.807, 2.05) is 0 Å². The predicted octanol–water partition coefficient (Wildman–Crippen LogP) is 3.31. The van der Waals surface area contributed by atoms with Gasteiger partial charge in [-0.1, -0.05) is 44.6 Å². The fraction of sp³-hybridized carbons (Fsp3) is 0.556. The highest BCUT2D eigenvalue weighted by Crippen LogP contribution is 1.89. The van der Waals surface area contributed by atoms with Crippen LogP contribution in [0.25, 0.3) is 0 Å². The second-order valence-corrected chi connectivity index (χ2v) is 2.05. The lowest BCUT2D eigenvalue weighted by molar-refractivity contribution is 0.959. The fourth-order valence-electron chi connectivity index (χ4n) is 0.556. The van der Waals surface area contributed by atoms with E-state index in [1.54, 1.807) is 0 Å². The first-order chi connectivity index (χ1) is 4.41. The minimum atomic E-state index is 1.14. The van der Waals surface area contributed by atoms with Gasteiger partial charge < -0.3 is 0 Å². The van der Waals surface area contributed by atoms with Crippen LogP contribution in [0.2, 0.25) is 0 Å². The Hall–Kier alpha value is -0.520. The lowest BCUT2D eigenvalue weighted by Crippen LogP contribution is -1.58. The molecule has 0 saturated heterocycles. The van der Waals surface area contributed by atoms with Gasteiger partial charge in [0.2, 0.25) is 0 Å². The molecule has 0 aromatic rings. The molecule has 0 radical (unpaired) electrons. The van der Waals surface area contributed by atoms with Gasteiger partial charge in [-0.25, -0.2) is 0 Å². The maximum atomic E-state index is 2.20. The van der Waals surface area contributed by atoms with Crippen molar-refractivity contribution in [1.29, 1.82) is 0 Å². The van der Waals surface area contributed by atoms with Gasteiger partial charge >= 0.3 is 0 Å². The number of allylic oxidation sites excluding steroid dienone is 4. The standard InChI is InChI=1S/C9H16/c1-3-5-7-9-8-6-4-2/h5,7-9H,3-4,6H2,1-2H3/b7-5+,9-8?. The Morgan fingerprint density at radius 1 is 1.00 bits per heavy atom. The number of hydrogen-bond donors (Lipinski definition) is 0. The maximum Gasteiger partial charge on any atom is -0.0350 e. The van der Waals surface area contributed by atoms with Gasteiger partial charge in [0.15, 0.2) is 0 Å². The monoisotopic (exact) mass is 124 g/mol. The third kappa shape index (κ3) is 7.48. The van der Waals surface area contributed by atoms with Crippen molar-refractivity contribution in [2.75, 3.05) is 0 Å². The highest BCUT2D eigenvalue weighted by atomic mass is 13.7. The van der Waals surface area contributed by atoms with Gasteiger partial charge in [0.1, 0.15) is 0 Å². The summed E-state index contributed by atoms with van der Waals surface area (Å²) >= 11 is 0. The fourth-order valence-corrected chi connectivity index (χ4v) is 0.556. The molecule has 0 nitrogen and oxygen atoms in total. The van der Waals surface area contributed by atoms with E-state index < -0.39 is 0 Å². The van der Waals surface area contributed by atoms with Crippen LogP contribution in [0, 0.1) is 0 Å². The van der Waals surface area contributed by atoms with Crippen LogP contribution in [-0.2, 0) is 0 Å². The molecule has 0 N–H and O–H groups in total. The number of hydrogen-bond acceptors (Lipinski definition) is 0. The van der Waals surface area contributed by atoms with Crippen LogP contribution >= 0.6 is 0 Å². The largest absolute Gasteiger partial charge is 0.0848 e. The van der Waals surface area contributed by atoms with Crippen LogP contribution in [-0.4, -0.2) is 0 Å². The molecule has 0 spiro atoms. The summed E-state index contributed by atoms with van der Waals surface area (Å²) in [5.74, 6) is 0. The van der Waals surface area contributed by atoms with E-state index >= 15 is 0 Å². The van der Waals surface area contributed by atoms with Gasteiger partial charge in [-0.2, -0.15) is 0 Å². The molecule has 0 bridgehead atoms. The Morgan fingerprint density at radius 2 is 1.67 bits per heavy atom. The molecule has 52 valence electrons. The number of unbranched alkanes of at least 4 members (excludes halogenated alkanes) is 1. The van der Waals surface area contributed by atoms with E-state index in [2.05, 4.69) is 38.2 Å². The van der Waals surface area contributed by atoms with Crippen LogP contribution in [0.15, 0.2) is 24.3 Å². The van der Waals surface area contributed by atoms with Crippen molar-refractivity contribution in [1.82, 2.24) is 0 Å². The van der Waals surface area contributed by atoms with Crippen molar-refractivity contribution in [2.45, 2.75) is 33.1 Å². The van der Waals surface area contributed by atoms with E-state index in [-0.39, 0.29) is 0 Å². The number of rotatable bonds is 4. The van der Waals surface area contributed by atoms with E-state index in [0.717, 1.165) is 6.42 Å². The highest BCUT2D eigenvalue weighted by molar-refractivity contribution is 5.01. The topological polar surface area (TPSA) is 0 Å². The molecule has 0 unspecified atom stereocenters. The first-order valence-electron chi connectivity index (χ1n) is 3.73. The summed E-state index contributed by atoms with van der Waals surface area (Å²) in [6.07, 6.45) is 12.2. The summed E-state index contributed by atoms with van der Waals surface area (Å²) in [5, 5.41) is 0. The summed E-state index contributed by atoms with van der Waals surface area (Å²) < 4.78 is 0. The third-order valence-corrected chi connectivity index (χ3v) is 1.07. The lowest BCUT2D eigenvalue weighted by atomic mass is 10.3. The second kappa shape index (κ2) is 7.48. The summed E-state index contributed by atoms with van der Waals surface area (Å²) in [6, 6.07) is 0. The van der Waals surface area contributed by atoms with Crippen LogP contribution < -0.4 is 0 Å². The zero-order valence-corrected chi connectivity index (χ0v) is 6.43. The quantitative estimate of drug-likeness (QED) is 0.504. The van der Waals surface area contributed by atoms with Crippen molar-refractivity contribution in [3.05, 3.63) is 24.3 Å². The van der Waals surface area contributed by atoms with Gasteiger partial charge in [0, 0.05) is 0 Å². The van der Waals surface area contributed by atoms with Crippen molar-refractivity contribution < 1.29 is 0 Å². The van der Waals surface area contributed by atoms with Gasteiger partial charge in [-0.05, 0) is 12.8 Å². The molecule has 0 atom stereocenters. The predicted molar refractivity (Wildman–Crippen MR) is 43.5 cm³/mol. The van der Waals surface area contributed by atoms with E-state index in [4.69, 9.17) is 0 Å². The lowest BCUT2D eigenvalue weighted by Gasteiger charge is -1.79. The van der Waals surface area contributed by atoms with Crippen LogP contribution in [0.3, 0.4) is 0 Å². The summed E-state index contributed by atoms with van der Waals surface area (Å²) in [5.41, 5.74) is 0. The molecule has 0 rings (SSSR count). The first-order valence-corrected chi connectivity index (χ1v) is 3.73. The summed E-state index contributed by atoms with van der Waals surface area (Å²) in [7, 11) is 0. The first kappa shape index (κ1) is 8.48. The van der Waals surface area contributed by atoms with E-state index in [9.17, 15) is 0 Å². The summed E-state index contributed by atoms with van der Waals surface area (Å²) in [4.78, 5) is 0. The Labute approximate surface area is 58.3 Å². The molecule has 0 fully saturated rings. The smallest absolute Gasteiger partial charge is 0.0350 e. The molecule has 0 heteroatoms. The molecular weight excluding hydrogens is 108 g/mol. The van der Waals surface area contributed by atoms with Gasteiger partial charge in [0.05, 0.1) is 0 Å². The second-order valence-electron chi connectivity index (χ2n) is 2.05. The Bertz CT molecular complexity index is 88.2. The van der Waals surface area contributed by atoms with Crippen molar-refractivity contribution in [3.63, 3.8) is 0 Å². The molecular formula is C9H16. The third-order valence-electron chi connectivity index (χ3n) is 1.07. The molecule has 0 aromatic heterocycles. The Morgan fingerprint density at radius 3 is 2.22 bits per heavy atom. The molecule has 0 aromatic carbocycles. The van der Waals surface area contributed by atoms with Crippen LogP contribution in [0.1, 0.15) is 33.1 Å². The van der Waals surface area contributed by atoms with Crippen molar-refractivity contribution in [3.8, 4) is 0 Å². The van der Waals surface area contributed by atoms with Crippen molar-refractivity contribution in [2.24, 2.45) is 0 Å². The van der Waals surface area contributed by atoms with E-state index in [1.165, 1.54) is 12.8 Å². The average molecular weight is 124 g/mol. The van der Waals surface area contributed by atoms with E-state index in [0.29, 0.717) is 0 Å². The maximum absolute atomic E-state index is 2.20. The van der Waals surface area contributed by atoms with Gasteiger partial charge in [-0.15, -0.1) is 0 Å². The molecule has 0 heterocycles. The normalized spacial score (nSPS) is 11.8. The van der Waals surface area contributed by atoms with Crippen molar-refractivity contribution >= 4 is 0 Å². The molecule has 0 aliphatic carbocycles. The van der Waals surface area contributed by atoms with Gasteiger partial charge in [-0.3, -0.25) is 0 Å². The minimum absolute atomic E-state index is 1.14. The molecule has 0 aliphatic heterocycles. The zero-order valence-electron chi connectivity index (χ0n) is 6.43. The zero-order chi connectivity index (χ0) is 6.95. The molecule has 0 aliphatic rings. The molecule has 0 amide bonds. The van der Waals surface area contributed by atoms with Crippen LogP contribution in [0.4, 0.5) is 0 Å². The Kier molecular flexibility index (Phi) is 7.05. The molecule has 9 heavy (non-hydrogen) atoms. The Balaban J connectivity index is 3.13.